The van der Waals surface area contributed by atoms with E-state index in [2.05, 4.69) is 5.32 Å². The Bertz CT molecular complexity index is 409. The summed E-state index contributed by atoms with van der Waals surface area (Å²) in [6.07, 6.45) is 0. The molecule has 0 aliphatic heterocycles. The quantitative estimate of drug-likeness (QED) is 0.609. The number of halogens is 1. The Morgan fingerprint density at radius 1 is 1.62 bits per heavy atom. The number of hydrogen-bond acceptors (Lipinski definition) is 4. The predicted octanol–water partition coefficient (Wildman–Crippen LogP) is 1.84. The van der Waals surface area contributed by atoms with Crippen molar-refractivity contribution in [3.8, 4) is 0 Å². The molecule has 5 nitrogen and oxygen atoms in total. The molecule has 6 heteroatoms. The fraction of sp³-hybridized carbons (Fsp3) is 0.400. The van der Waals surface area contributed by atoms with Gasteiger partial charge in [0.1, 0.15) is 11.5 Å². The molecule has 1 atom stereocenters. The van der Waals surface area contributed by atoms with Crippen LogP contribution < -0.4 is 5.32 Å². The van der Waals surface area contributed by atoms with Crippen LogP contribution in [0.1, 0.15) is 12.5 Å². The average Bonchev–Trinajstić information content (AvgIpc) is 2.22. The van der Waals surface area contributed by atoms with E-state index in [-0.39, 0.29) is 24.0 Å². The second-order valence-corrected chi connectivity index (χ2v) is 3.60. The molecule has 16 heavy (non-hydrogen) atoms. The van der Waals surface area contributed by atoms with Gasteiger partial charge in [-0.3, -0.25) is 10.1 Å². The summed E-state index contributed by atoms with van der Waals surface area (Å²) in [7, 11) is 0. The Labute approximate surface area is 92.1 Å². The predicted molar refractivity (Wildman–Crippen MR) is 58.0 cm³/mol. The lowest BCUT2D eigenvalue weighted by Gasteiger charge is -2.13. The molecule has 0 fully saturated rings. The van der Waals surface area contributed by atoms with Crippen molar-refractivity contribution >= 4 is 11.4 Å². The molecule has 1 rings (SSSR count). The van der Waals surface area contributed by atoms with Gasteiger partial charge >= 0.3 is 0 Å². The first-order valence-corrected chi connectivity index (χ1v) is 4.77. The van der Waals surface area contributed by atoms with Crippen molar-refractivity contribution in [3.05, 3.63) is 33.6 Å². The number of anilines is 1. The van der Waals surface area contributed by atoms with Gasteiger partial charge in [-0.1, -0.05) is 0 Å². The summed E-state index contributed by atoms with van der Waals surface area (Å²) in [4.78, 5) is 10.0. The van der Waals surface area contributed by atoms with E-state index in [1.807, 2.05) is 0 Å². The molecule has 1 unspecified atom stereocenters. The first-order chi connectivity index (χ1) is 7.45. The van der Waals surface area contributed by atoms with Gasteiger partial charge in [0.15, 0.2) is 0 Å². The fourth-order valence-electron chi connectivity index (χ4n) is 1.25. The highest BCUT2D eigenvalue weighted by atomic mass is 19.1. The van der Waals surface area contributed by atoms with Crippen molar-refractivity contribution in [2.24, 2.45) is 0 Å². The molecule has 0 saturated carbocycles. The molecule has 0 spiro atoms. The molecule has 0 aromatic heterocycles. The molecule has 1 aromatic carbocycles. The number of aliphatic hydroxyl groups excluding tert-OH is 1. The van der Waals surface area contributed by atoms with Crippen LogP contribution in [0.15, 0.2) is 12.1 Å². The second-order valence-electron chi connectivity index (χ2n) is 3.60. The maximum absolute atomic E-state index is 13.2. The van der Waals surface area contributed by atoms with E-state index in [1.165, 1.54) is 13.0 Å². The largest absolute Gasteiger partial charge is 0.394 e. The first-order valence-electron chi connectivity index (χ1n) is 4.77. The number of nitro groups is 1. The van der Waals surface area contributed by atoms with Crippen LogP contribution in [0.4, 0.5) is 15.8 Å². The Hall–Kier alpha value is -1.69. The summed E-state index contributed by atoms with van der Waals surface area (Å²) < 4.78 is 13.2. The second kappa shape index (κ2) is 4.89. The van der Waals surface area contributed by atoms with E-state index in [9.17, 15) is 14.5 Å². The number of nitrogens with zero attached hydrogens (tertiary/aromatic N) is 1. The molecule has 0 bridgehead atoms. The van der Waals surface area contributed by atoms with Crippen LogP contribution in [0.25, 0.3) is 0 Å². The third-order valence-corrected chi connectivity index (χ3v) is 2.15. The maximum Gasteiger partial charge on any atom is 0.295 e. The van der Waals surface area contributed by atoms with Crippen molar-refractivity contribution < 1.29 is 14.4 Å². The maximum atomic E-state index is 13.2. The molecule has 2 N–H and O–H groups in total. The van der Waals surface area contributed by atoms with Crippen LogP contribution in [0.2, 0.25) is 0 Å². The Balaban J connectivity index is 3.14. The van der Waals surface area contributed by atoms with Crippen molar-refractivity contribution in [2.75, 3.05) is 11.9 Å². The lowest BCUT2D eigenvalue weighted by Crippen LogP contribution is -2.20. The lowest BCUT2D eigenvalue weighted by atomic mass is 10.1. The zero-order chi connectivity index (χ0) is 12.3. The Morgan fingerprint density at radius 2 is 2.25 bits per heavy atom. The summed E-state index contributed by atoms with van der Waals surface area (Å²) >= 11 is 0. The summed E-state index contributed by atoms with van der Waals surface area (Å²) in [6.45, 7) is 3.03. The molecule has 88 valence electrons. The normalized spacial score (nSPS) is 12.2. The van der Waals surface area contributed by atoms with Crippen molar-refractivity contribution in [1.29, 1.82) is 0 Å². The highest BCUT2D eigenvalue weighted by molar-refractivity contribution is 5.63. The third-order valence-electron chi connectivity index (χ3n) is 2.15. The summed E-state index contributed by atoms with van der Waals surface area (Å²) in [5.41, 5.74) is 0.201. The molecule has 0 aliphatic carbocycles. The summed E-state index contributed by atoms with van der Waals surface area (Å²) in [5.74, 6) is -0.617. The minimum atomic E-state index is -0.658. The van der Waals surface area contributed by atoms with Crippen molar-refractivity contribution in [2.45, 2.75) is 19.9 Å². The van der Waals surface area contributed by atoms with Gasteiger partial charge < -0.3 is 10.4 Å². The number of benzene rings is 1. The van der Waals surface area contributed by atoms with Crippen molar-refractivity contribution in [3.63, 3.8) is 0 Å². The van der Waals surface area contributed by atoms with Crippen LogP contribution in [-0.4, -0.2) is 22.7 Å². The van der Waals surface area contributed by atoms with Gasteiger partial charge in [-0.2, -0.15) is 0 Å². The van der Waals surface area contributed by atoms with Crippen LogP contribution in [-0.2, 0) is 0 Å². The van der Waals surface area contributed by atoms with Gasteiger partial charge in [0, 0.05) is 6.04 Å². The molecule has 0 amide bonds. The fourth-order valence-corrected chi connectivity index (χ4v) is 1.25. The van der Waals surface area contributed by atoms with E-state index in [0.29, 0.717) is 5.56 Å². The number of hydrogen-bond donors (Lipinski definition) is 2. The smallest absolute Gasteiger partial charge is 0.295 e. The van der Waals surface area contributed by atoms with E-state index >= 15 is 0 Å². The van der Waals surface area contributed by atoms with E-state index in [1.54, 1.807) is 6.92 Å². The minimum absolute atomic E-state index is 0.159. The van der Waals surface area contributed by atoms with Crippen LogP contribution in [0.3, 0.4) is 0 Å². The van der Waals surface area contributed by atoms with Gasteiger partial charge in [-0.05, 0) is 25.5 Å². The average molecular weight is 228 g/mol. The van der Waals surface area contributed by atoms with Gasteiger partial charge in [-0.15, -0.1) is 0 Å². The van der Waals surface area contributed by atoms with E-state index in [4.69, 9.17) is 5.11 Å². The molecule has 0 aliphatic rings. The van der Waals surface area contributed by atoms with E-state index in [0.717, 1.165) is 6.07 Å². The standard InChI is InChI=1S/C10H13FN2O3/c1-6-3-9(12-7(2)5-14)10(13(15)16)4-8(6)11/h3-4,7,12,14H,5H2,1-2H3. The molecular weight excluding hydrogens is 215 g/mol. The monoisotopic (exact) mass is 228 g/mol. The third kappa shape index (κ3) is 2.66. The minimum Gasteiger partial charge on any atom is -0.394 e. The van der Waals surface area contributed by atoms with Gasteiger partial charge in [0.05, 0.1) is 17.6 Å². The Kier molecular flexibility index (Phi) is 3.78. The van der Waals surface area contributed by atoms with Crippen molar-refractivity contribution in [1.82, 2.24) is 0 Å². The zero-order valence-corrected chi connectivity index (χ0v) is 9.03. The molecular formula is C10H13FN2O3. The first kappa shape index (κ1) is 12.4. The summed E-state index contributed by atoms with van der Waals surface area (Å²) in [6, 6.07) is 1.91. The molecule has 0 radical (unpaired) electrons. The van der Waals surface area contributed by atoms with Gasteiger partial charge in [0.2, 0.25) is 0 Å². The molecule has 1 aromatic rings. The number of aliphatic hydroxyl groups is 1. The molecule has 0 saturated heterocycles. The number of nitro benzene ring substituents is 1. The highest BCUT2D eigenvalue weighted by Crippen LogP contribution is 2.27. The molecule has 0 heterocycles. The topological polar surface area (TPSA) is 75.4 Å². The highest BCUT2D eigenvalue weighted by Gasteiger charge is 2.17. The lowest BCUT2D eigenvalue weighted by molar-refractivity contribution is -0.384. The Morgan fingerprint density at radius 3 is 2.75 bits per heavy atom. The van der Waals surface area contributed by atoms with Gasteiger partial charge in [0.25, 0.3) is 5.69 Å². The number of rotatable bonds is 4. The SMILES string of the molecule is Cc1cc(NC(C)CO)c([N+](=O)[O-])cc1F. The van der Waals surface area contributed by atoms with Gasteiger partial charge in [-0.25, -0.2) is 4.39 Å². The van der Waals surface area contributed by atoms with Crippen LogP contribution in [0, 0.1) is 22.9 Å². The van der Waals surface area contributed by atoms with Crippen LogP contribution in [0.5, 0.6) is 0 Å². The van der Waals surface area contributed by atoms with E-state index < -0.39 is 10.7 Å². The van der Waals surface area contributed by atoms with Crippen LogP contribution >= 0.6 is 0 Å². The summed E-state index contributed by atoms with van der Waals surface area (Å²) in [5, 5.41) is 22.3. The number of aryl methyl sites for hydroxylation is 1. The zero-order valence-electron chi connectivity index (χ0n) is 9.03. The number of nitrogens with one attached hydrogen (secondary N) is 1.